The molecule has 88 valence electrons. The van der Waals surface area contributed by atoms with Gasteiger partial charge in [-0.3, -0.25) is 4.79 Å². The SMILES string of the molecule is CC(C)(CCO)NC(=O)C1(C)CCCC1. The first kappa shape index (κ1) is 12.5. The lowest BCUT2D eigenvalue weighted by atomic mass is 9.86. The summed E-state index contributed by atoms with van der Waals surface area (Å²) in [6, 6.07) is 0. The third kappa shape index (κ3) is 3.20. The molecule has 0 spiro atoms. The lowest BCUT2D eigenvalue weighted by Crippen LogP contribution is -2.49. The van der Waals surface area contributed by atoms with E-state index >= 15 is 0 Å². The van der Waals surface area contributed by atoms with Crippen molar-refractivity contribution in [3.63, 3.8) is 0 Å². The first-order chi connectivity index (χ1) is 6.90. The van der Waals surface area contributed by atoms with Gasteiger partial charge < -0.3 is 10.4 Å². The van der Waals surface area contributed by atoms with Crippen molar-refractivity contribution in [2.75, 3.05) is 6.61 Å². The average molecular weight is 213 g/mol. The number of rotatable bonds is 4. The maximum absolute atomic E-state index is 12.1. The van der Waals surface area contributed by atoms with Crippen molar-refractivity contribution in [3.05, 3.63) is 0 Å². The highest BCUT2D eigenvalue weighted by atomic mass is 16.3. The topological polar surface area (TPSA) is 49.3 Å². The number of carbonyl (C=O) groups is 1. The van der Waals surface area contributed by atoms with E-state index in [1.54, 1.807) is 0 Å². The van der Waals surface area contributed by atoms with E-state index in [0.29, 0.717) is 6.42 Å². The van der Waals surface area contributed by atoms with E-state index in [-0.39, 0.29) is 23.5 Å². The Balaban J connectivity index is 2.54. The molecule has 0 heterocycles. The Morgan fingerprint density at radius 1 is 1.40 bits per heavy atom. The summed E-state index contributed by atoms with van der Waals surface area (Å²) < 4.78 is 0. The molecule has 0 atom stereocenters. The fourth-order valence-electron chi connectivity index (χ4n) is 2.18. The highest BCUT2D eigenvalue weighted by molar-refractivity contribution is 5.83. The fourth-order valence-corrected chi connectivity index (χ4v) is 2.18. The monoisotopic (exact) mass is 213 g/mol. The molecule has 3 nitrogen and oxygen atoms in total. The quantitative estimate of drug-likeness (QED) is 0.748. The number of hydrogen-bond acceptors (Lipinski definition) is 2. The first-order valence-corrected chi connectivity index (χ1v) is 5.83. The maximum Gasteiger partial charge on any atom is 0.226 e. The van der Waals surface area contributed by atoms with E-state index in [1.807, 2.05) is 20.8 Å². The molecule has 0 unspecified atom stereocenters. The predicted octanol–water partition coefficient (Wildman–Crippen LogP) is 1.84. The Hall–Kier alpha value is -0.570. The fraction of sp³-hybridized carbons (Fsp3) is 0.917. The van der Waals surface area contributed by atoms with Crippen LogP contribution in [0.15, 0.2) is 0 Å². The lowest BCUT2D eigenvalue weighted by Gasteiger charge is -2.31. The summed E-state index contributed by atoms with van der Waals surface area (Å²) in [5.41, 5.74) is -0.468. The summed E-state index contributed by atoms with van der Waals surface area (Å²) in [7, 11) is 0. The third-order valence-electron chi connectivity index (χ3n) is 3.44. The molecular formula is C12H23NO2. The number of amides is 1. The molecule has 0 aromatic heterocycles. The minimum absolute atomic E-state index is 0.115. The van der Waals surface area contributed by atoms with Crippen LogP contribution in [0.3, 0.4) is 0 Å². The predicted molar refractivity (Wildman–Crippen MR) is 60.5 cm³/mol. The van der Waals surface area contributed by atoms with Crippen LogP contribution in [0, 0.1) is 5.41 Å². The van der Waals surface area contributed by atoms with Gasteiger partial charge in [-0.25, -0.2) is 0 Å². The molecular weight excluding hydrogens is 190 g/mol. The molecule has 0 aromatic carbocycles. The van der Waals surface area contributed by atoms with Gasteiger partial charge in [0.25, 0.3) is 0 Å². The number of aliphatic hydroxyl groups excluding tert-OH is 1. The second kappa shape index (κ2) is 4.52. The van der Waals surface area contributed by atoms with Gasteiger partial charge >= 0.3 is 0 Å². The smallest absolute Gasteiger partial charge is 0.226 e. The van der Waals surface area contributed by atoms with Gasteiger partial charge in [-0.05, 0) is 33.1 Å². The number of aliphatic hydroxyl groups is 1. The molecule has 1 amide bonds. The zero-order valence-electron chi connectivity index (χ0n) is 10.1. The van der Waals surface area contributed by atoms with Crippen LogP contribution in [-0.2, 0) is 4.79 Å². The van der Waals surface area contributed by atoms with E-state index in [2.05, 4.69) is 5.32 Å². The van der Waals surface area contributed by atoms with Gasteiger partial charge in [-0.2, -0.15) is 0 Å². The van der Waals surface area contributed by atoms with Crippen molar-refractivity contribution in [1.82, 2.24) is 5.32 Å². The Morgan fingerprint density at radius 2 is 1.93 bits per heavy atom. The van der Waals surface area contributed by atoms with Crippen LogP contribution in [0.1, 0.15) is 52.9 Å². The molecule has 15 heavy (non-hydrogen) atoms. The highest BCUT2D eigenvalue weighted by Crippen LogP contribution is 2.38. The van der Waals surface area contributed by atoms with Gasteiger partial charge in [-0.1, -0.05) is 19.8 Å². The Bertz CT molecular complexity index is 230. The third-order valence-corrected chi connectivity index (χ3v) is 3.44. The molecule has 0 radical (unpaired) electrons. The van der Waals surface area contributed by atoms with Crippen LogP contribution in [0.2, 0.25) is 0 Å². The molecule has 1 saturated carbocycles. The molecule has 0 aromatic rings. The van der Waals surface area contributed by atoms with Crippen molar-refractivity contribution in [2.24, 2.45) is 5.41 Å². The Kier molecular flexibility index (Phi) is 3.77. The van der Waals surface area contributed by atoms with Crippen LogP contribution in [-0.4, -0.2) is 23.2 Å². The van der Waals surface area contributed by atoms with E-state index in [9.17, 15) is 4.79 Å². The summed E-state index contributed by atoms with van der Waals surface area (Å²) in [5.74, 6) is 0.151. The molecule has 1 fully saturated rings. The first-order valence-electron chi connectivity index (χ1n) is 5.83. The van der Waals surface area contributed by atoms with Gasteiger partial charge in [0.1, 0.15) is 0 Å². The molecule has 0 saturated heterocycles. The number of nitrogens with one attached hydrogen (secondary N) is 1. The lowest BCUT2D eigenvalue weighted by molar-refractivity contribution is -0.131. The van der Waals surface area contributed by atoms with Gasteiger partial charge in [0, 0.05) is 17.6 Å². The summed E-state index contributed by atoms with van der Waals surface area (Å²) in [5, 5.41) is 11.9. The van der Waals surface area contributed by atoms with Crippen LogP contribution in [0.25, 0.3) is 0 Å². The van der Waals surface area contributed by atoms with Gasteiger partial charge in [0.05, 0.1) is 0 Å². The second-order valence-corrected chi connectivity index (χ2v) is 5.58. The van der Waals surface area contributed by atoms with E-state index in [0.717, 1.165) is 25.7 Å². The Morgan fingerprint density at radius 3 is 2.40 bits per heavy atom. The molecule has 3 heteroatoms. The minimum atomic E-state index is -0.294. The van der Waals surface area contributed by atoms with Crippen LogP contribution in [0.5, 0.6) is 0 Å². The van der Waals surface area contributed by atoms with Gasteiger partial charge in [0.15, 0.2) is 0 Å². The molecule has 0 aliphatic heterocycles. The largest absolute Gasteiger partial charge is 0.396 e. The second-order valence-electron chi connectivity index (χ2n) is 5.58. The Labute approximate surface area is 92.3 Å². The number of hydrogen-bond donors (Lipinski definition) is 2. The summed E-state index contributed by atoms with van der Waals surface area (Å²) in [6.07, 6.45) is 4.91. The van der Waals surface area contributed by atoms with Crippen molar-refractivity contribution in [3.8, 4) is 0 Å². The van der Waals surface area contributed by atoms with E-state index < -0.39 is 0 Å². The van der Waals surface area contributed by atoms with Crippen LogP contribution < -0.4 is 5.32 Å². The van der Waals surface area contributed by atoms with Crippen LogP contribution in [0.4, 0.5) is 0 Å². The van der Waals surface area contributed by atoms with E-state index in [4.69, 9.17) is 5.11 Å². The zero-order chi connectivity index (χ0) is 11.5. The van der Waals surface area contributed by atoms with E-state index in [1.165, 1.54) is 0 Å². The van der Waals surface area contributed by atoms with Crippen molar-refractivity contribution >= 4 is 5.91 Å². The molecule has 0 bridgehead atoms. The maximum atomic E-state index is 12.1. The molecule has 2 N–H and O–H groups in total. The number of carbonyl (C=O) groups excluding carboxylic acids is 1. The summed E-state index contributed by atoms with van der Waals surface area (Å²) >= 11 is 0. The average Bonchev–Trinajstić information content (AvgIpc) is 2.52. The summed E-state index contributed by atoms with van der Waals surface area (Å²) in [4.78, 5) is 12.1. The van der Waals surface area contributed by atoms with Crippen molar-refractivity contribution in [1.29, 1.82) is 0 Å². The van der Waals surface area contributed by atoms with Crippen molar-refractivity contribution in [2.45, 2.75) is 58.4 Å². The van der Waals surface area contributed by atoms with Crippen molar-refractivity contribution < 1.29 is 9.90 Å². The van der Waals surface area contributed by atoms with Gasteiger partial charge in [-0.15, -0.1) is 0 Å². The standard InChI is InChI=1S/C12H23NO2/c1-11(2,8-9-14)13-10(15)12(3)6-4-5-7-12/h14H,4-9H2,1-3H3,(H,13,15). The van der Waals surface area contributed by atoms with Crippen LogP contribution >= 0.6 is 0 Å². The molecule has 1 rings (SSSR count). The zero-order valence-corrected chi connectivity index (χ0v) is 10.1. The normalized spacial score (nSPS) is 20.3. The molecule has 1 aliphatic carbocycles. The molecule has 1 aliphatic rings. The van der Waals surface area contributed by atoms with Gasteiger partial charge in [0.2, 0.25) is 5.91 Å². The minimum Gasteiger partial charge on any atom is -0.396 e. The summed E-state index contributed by atoms with van der Waals surface area (Å²) in [6.45, 7) is 6.08. The highest BCUT2D eigenvalue weighted by Gasteiger charge is 2.38.